The van der Waals surface area contributed by atoms with Crippen LogP contribution in [-0.4, -0.2) is 24.1 Å². The minimum atomic E-state index is -0.399. The van der Waals surface area contributed by atoms with Gasteiger partial charge in [0.15, 0.2) is 0 Å². The van der Waals surface area contributed by atoms with Crippen molar-refractivity contribution in [1.29, 1.82) is 0 Å². The number of unbranched alkanes of at least 4 members (excludes halogenated alkanes) is 1. The number of ether oxygens (including phenoxy) is 2. The number of fused-ring (bicyclic) bond motifs is 1. The maximum Gasteiger partial charge on any atom is 0.338 e. The number of benzene rings is 1. The second-order valence-electron chi connectivity index (χ2n) is 5.12. The molecule has 1 aliphatic heterocycles. The molecule has 4 heteroatoms. The molecule has 0 saturated heterocycles. The largest absolute Gasteiger partial charge is 0.478 e. The van der Waals surface area contributed by atoms with E-state index >= 15 is 0 Å². The molecule has 0 unspecified atom stereocenters. The van der Waals surface area contributed by atoms with E-state index in [9.17, 15) is 4.79 Å². The first kappa shape index (κ1) is 14.6. The Morgan fingerprint density at radius 2 is 2.30 bits per heavy atom. The van der Waals surface area contributed by atoms with E-state index in [2.05, 4.69) is 18.4 Å². The zero-order valence-corrected chi connectivity index (χ0v) is 12.1. The average Bonchev–Trinajstić information content (AvgIpc) is 2.44. The Bertz CT molecular complexity index is 510. The lowest BCUT2D eigenvalue weighted by molar-refractivity contribution is -0.130. The number of hydrogen-bond acceptors (Lipinski definition) is 4. The Balaban J connectivity index is 2.06. The first-order chi connectivity index (χ1) is 9.60. The highest BCUT2D eigenvalue weighted by molar-refractivity contribution is 5.88. The highest BCUT2D eigenvalue weighted by Crippen LogP contribution is 2.29. The van der Waals surface area contributed by atoms with Crippen molar-refractivity contribution < 1.29 is 14.3 Å². The van der Waals surface area contributed by atoms with Gasteiger partial charge in [-0.3, -0.25) is 4.90 Å². The second-order valence-corrected chi connectivity index (χ2v) is 5.12. The van der Waals surface area contributed by atoms with Gasteiger partial charge in [-0.15, -0.1) is 0 Å². The normalized spacial score (nSPS) is 14.3. The minimum absolute atomic E-state index is 0.392. The predicted octanol–water partition coefficient (Wildman–Crippen LogP) is 3.12. The van der Waals surface area contributed by atoms with Crippen LogP contribution < -0.4 is 9.47 Å². The maximum atomic E-state index is 11.5. The van der Waals surface area contributed by atoms with Gasteiger partial charge in [-0.1, -0.05) is 19.9 Å². The van der Waals surface area contributed by atoms with Crippen molar-refractivity contribution >= 4 is 5.97 Å². The van der Waals surface area contributed by atoms with Crippen LogP contribution >= 0.6 is 0 Å². The van der Waals surface area contributed by atoms with Crippen LogP contribution in [0, 0.1) is 0 Å². The molecule has 1 aromatic rings. The molecular formula is C16H21NO3. The fourth-order valence-corrected chi connectivity index (χ4v) is 2.05. The predicted molar refractivity (Wildman–Crippen MR) is 77.7 cm³/mol. The first-order valence-corrected chi connectivity index (χ1v) is 6.96. The summed E-state index contributed by atoms with van der Waals surface area (Å²) < 4.78 is 11.0. The third-order valence-corrected chi connectivity index (χ3v) is 3.22. The van der Waals surface area contributed by atoms with Crippen molar-refractivity contribution in [2.75, 3.05) is 13.3 Å². The van der Waals surface area contributed by atoms with Crippen LogP contribution in [0.15, 0.2) is 30.4 Å². The molecule has 0 spiro atoms. The first-order valence-electron chi connectivity index (χ1n) is 6.96. The van der Waals surface area contributed by atoms with Crippen molar-refractivity contribution in [2.45, 2.75) is 33.2 Å². The third-order valence-electron chi connectivity index (χ3n) is 3.22. The molecule has 0 aromatic heterocycles. The molecule has 0 radical (unpaired) electrons. The molecule has 0 fully saturated rings. The van der Waals surface area contributed by atoms with Crippen molar-refractivity contribution in [3.05, 3.63) is 35.9 Å². The minimum Gasteiger partial charge on any atom is -0.478 e. The fraction of sp³-hybridized carbons (Fsp3) is 0.438. The van der Waals surface area contributed by atoms with Crippen LogP contribution in [0.2, 0.25) is 0 Å². The van der Waals surface area contributed by atoms with Gasteiger partial charge in [-0.25, -0.2) is 4.79 Å². The van der Waals surface area contributed by atoms with E-state index in [0.29, 0.717) is 18.1 Å². The van der Waals surface area contributed by atoms with Crippen LogP contribution in [0.3, 0.4) is 0 Å². The molecule has 1 aromatic carbocycles. The molecule has 2 rings (SSSR count). The van der Waals surface area contributed by atoms with E-state index in [1.54, 1.807) is 13.0 Å². The summed E-state index contributed by atoms with van der Waals surface area (Å²) in [6.45, 7) is 9.86. The molecule has 0 N–H and O–H groups in total. The number of esters is 1. The summed E-state index contributed by atoms with van der Waals surface area (Å²) in [5.41, 5.74) is 1.45. The quantitative estimate of drug-likeness (QED) is 0.470. The summed E-state index contributed by atoms with van der Waals surface area (Å²) in [7, 11) is 0. The second kappa shape index (κ2) is 6.57. The zero-order chi connectivity index (χ0) is 14.5. The van der Waals surface area contributed by atoms with Gasteiger partial charge in [-0.05, 0) is 31.5 Å². The van der Waals surface area contributed by atoms with Gasteiger partial charge < -0.3 is 9.47 Å². The zero-order valence-electron chi connectivity index (χ0n) is 12.1. The van der Waals surface area contributed by atoms with Crippen LogP contribution in [-0.2, 0) is 11.3 Å². The van der Waals surface area contributed by atoms with E-state index in [4.69, 9.17) is 9.47 Å². The van der Waals surface area contributed by atoms with E-state index in [-0.39, 0.29) is 0 Å². The van der Waals surface area contributed by atoms with Gasteiger partial charge in [0, 0.05) is 24.2 Å². The lowest BCUT2D eigenvalue weighted by Gasteiger charge is -2.29. The van der Waals surface area contributed by atoms with E-state index in [1.807, 2.05) is 12.1 Å². The number of rotatable bonds is 5. The smallest absolute Gasteiger partial charge is 0.338 e. The average molecular weight is 275 g/mol. The molecule has 0 atom stereocenters. The summed E-state index contributed by atoms with van der Waals surface area (Å²) >= 11 is 0. The maximum absolute atomic E-state index is 11.5. The monoisotopic (exact) mass is 275 g/mol. The molecular weight excluding hydrogens is 254 g/mol. The van der Waals surface area contributed by atoms with Gasteiger partial charge in [0.1, 0.15) is 18.2 Å². The number of carbonyl (C=O) groups is 1. The molecule has 1 heterocycles. The van der Waals surface area contributed by atoms with Gasteiger partial charge in [0.25, 0.3) is 0 Å². The molecule has 0 amide bonds. The number of nitrogens with zero attached hydrogens (tertiary/aromatic N) is 1. The van der Waals surface area contributed by atoms with E-state index in [0.717, 1.165) is 30.8 Å². The molecule has 0 saturated carbocycles. The molecule has 0 aliphatic carbocycles. The van der Waals surface area contributed by atoms with Gasteiger partial charge in [-0.2, -0.15) is 0 Å². The topological polar surface area (TPSA) is 38.8 Å². The summed E-state index contributed by atoms with van der Waals surface area (Å²) in [5, 5.41) is 0. The molecule has 4 nitrogen and oxygen atoms in total. The molecule has 108 valence electrons. The standard InChI is InChI=1S/C16H21NO3/c1-4-5-8-17-10-13-9-14(20-16(18)12(2)3)6-7-15(13)19-11-17/h6-7,9H,2,4-5,8,10-11H2,1,3H3. The Hall–Kier alpha value is -1.81. The van der Waals surface area contributed by atoms with Gasteiger partial charge >= 0.3 is 5.97 Å². The van der Waals surface area contributed by atoms with E-state index in [1.165, 1.54) is 6.42 Å². The lowest BCUT2D eigenvalue weighted by Crippen LogP contribution is -2.32. The highest BCUT2D eigenvalue weighted by atomic mass is 16.5. The fourth-order valence-electron chi connectivity index (χ4n) is 2.05. The van der Waals surface area contributed by atoms with Crippen LogP contribution in [0.4, 0.5) is 0 Å². The van der Waals surface area contributed by atoms with Crippen molar-refractivity contribution in [3.63, 3.8) is 0 Å². The summed E-state index contributed by atoms with van der Waals surface area (Å²) in [6.07, 6.45) is 2.32. The Labute approximate surface area is 120 Å². The molecule has 20 heavy (non-hydrogen) atoms. The molecule has 1 aliphatic rings. The van der Waals surface area contributed by atoms with Gasteiger partial charge in [0.2, 0.25) is 0 Å². The lowest BCUT2D eigenvalue weighted by atomic mass is 10.1. The van der Waals surface area contributed by atoms with Crippen molar-refractivity contribution in [2.24, 2.45) is 0 Å². The van der Waals surface area contributed by atoms with Crippen LogP contribution in [0.25, 0.3) is 0 Å². The number of carbonyl (C=O) groups excluding carboxylic acids is 1. The third kappa shape index (κ3) is 3.61. The Morgan fingerprint density at radius 3 is 3.00 bits per heavy atom. The van der Waals surface area contributed by atoms with Crippen molar-refractivity contribution in [3.8, 4) is 11.5 Å². The van der Waals surface area contributed by atoms with Crippen LogP contribution in [0.1, 0.15) is 32.3 Å². The SMILES string of the molecule is C=C(C)C(=O)Oc1ccc2c(c1)CN(CCCC)CO2. The summed E-state index contributed by atoms with van der Waals surface area (Å²) in [4.78, 5) is 13.8. The number of hydrogen-bond donors (Lipinski definition) is 0. The van der Waals surface area contributed by atoms with Crippen LogP contribution in [0.5, 0.6) is 11.5 Å². The summed E-state index contributed by atoms with van der Waals surface area (Å²) in [6, 6.07) is 5.48. The Morgan fingerprint density at radius 1 is 1.50 bits per heavy atom. The molecule has 0 bridgehead atoms. The highest BCUT2D eigenvalue weighted by Gasteiger charge is 2.18. The van der Waals surface area contributed by atoms with Gasteiger partial charge in [0.05, 0.1) is 0 Å². The summed E-state index contributed by atoms with van der Waals surface area (Å²) in [5.74, 6) is 1.01. The van der Waals surface area contributed by atoms with E-state index < -0.39 is 5.97 Å². The Kier molecular flexibility index (Phi) is 4.79. The van der Waals surface area contributed by atoms with Crippen molar-refractivity contribution in [1.82, 2.24) is 4.90 Å².